The van der Waals surface area contributed by atoms with Gasteiger partial charge in [0.25, 0.3) is 5.92 Å². The van der Waals surface area contributed by atoms with Gasteiger partial charge in [0.05, 0.1) is 38.1 Å². The number of hydrogen-bond donors (Lipinski definition) is 2. The average molecular weight is 562 g/mol. The molecule has 1 unspecified atom stereocenters. The number of hydrogen-bond acceptors (Lipinski definition) is 8. The van der Waals surface area contributed by atoms with E-state index in [0.717, 1.165) is 50.6 Å². The fourth-order valence-electron chi connectivity index (χ4n) is 5.44. The van der Waals surface area contributed by atoms with Gasteiger partial charge in [-0.25, -0.2) is 23.6 Å². The van der Waals surface area contributed by atoms with Crippen LogP contribution in [0.2, 0.25) is 0 Å². The summed E-state index contributed by atoms with van der Waals surface area (Å²) in [5, 5.41) is 6.00. The lowest BCUT2D eigenvalue weighted by atomic mass is 10.1. The maximum atomic E-state index is 14.3. The van der Waals surface area contributed by atoms with Crippen molar-refractivity contribution in [1.82, 2.24) is 20.2 Å². The molecule has 3 aliphatic rings. The molecule has 0 spiro atoms. The van der Waals surface area contributed by atoms with Gasteiger partial charge >= 0.3 is 0 Å². The summed E-state index contributed by atoms with van der Waals surface area (Å²) >= 11 is 0. The van der Waals surface area contributed by atoms with Crippen molar-refractivity contribution in [3.8, 4) is 17.0 Å². The lowest BCUT2D eigenvalue weighted by Crippen LogP contribution is -2.56. The van der Waals surface area contributed by atoms with E-state index in [-0.39, 0.29) is 17.9 Å². The van der Waals surface area contributed by atoms with Gasteiger partial charge in [-0.15, -0.1) is 0 Å². The molecule has 2 aromatic carbocycles. The smallest absolute Gasteiger partial charge is 0.296 e. The molecule has 9 nitrogen and oxygen atoms in total. The van der Waals surface area contributed by atoms with Gasteiger partial charge in [0, 0.05) is 50.2 Å². The molecule has 0 radical (unpaired) electrons. The van der Waals surface area contributed by atoms with Crippen LogP contribution in [0.5, 0.6) is 5.75 Å². The number of benzene rings is 2. The van der Waals surface area contributed by atoms with E-state index >= 15 is 0 Å². The Kier molecular flexibility index (Phi) is 7.71. The molecule has 0 saturated carbocycles. The highest BCUT2D eigenvalue weighted by atomic mass is 19.3. The van der Waals surface area contributed by atoms with Crippen molar-refractivity contribution in [3.05, 3.63) is 65.6 Å². The second kappa shape index (κ2) is 11.6. The quantitative estimate of drug-likeness (QED) is 0.404. The third-order valence-electron chi connectivity index (χ3n) is 7.99. The fraction of sp³-hybridized carbons (Fsp3) is 0.433. The fourth-order valence-corrected chi connectivity index (χ4v) is 5.44. The van der Waals surface area contributed by atoms with Crippen molar-refractivity contribution >= 4 is 23.0 Å². The number of rotatable bonds is 7. The lowest BCUT2D eigenvalue weighted by molar-refractivity contribution is -0.108. The zero-order chi connectivity index (χ0) is 28.4. The van der Waals surface area contributed by atoms with Crippen molar-refractivity contribution in [1.29, 1.82) is 0 Å². The van der Waals surface area contributed by atoms with Crippen LogP contribution < -0.4 is 20.3 Å². The zero-order valence-electron chi connectivity index (χ0n) is 22.9. The summed E-state index contributed by atoms with van der Waals surface area (Å²) < 4.78 is 39.5. The number of piperidine rings is 1. The van der Waals surface area contributed by atoms with E-state index in [0.29, 0.717) is 29.8 Å². The number of piperazine rings is 1. The van der Waals surface area contributed by atoms with Crippen LogP contribution in [0, 0.1) is 13.5 Å². The minimum Gasteiger partial charge on any atom is -0.495 e. The Hall–Kier alpha value is -3.85. The normalized spacial score (nSPS) is 21.1. The molecule has 4 heterocycles. The molecule has 3 saturated heterocycles. The minimum atomic E-state index is -3.00. The number of halogens is 2. The van der Waals surface area contributed by atoms with E-state index in [1.54, 1.807) is 30.5 Å². The molecule has 2 N–H and O–H groups in total. The summed E-state index contributed by atoms with van der Waals surface area (Å²) in [5.41, 5.74) is 4.63. The molecule has 0 amide bonds. The zero-order valence-corrected chi connectivity index (χ0v) is 22.9. The number of ether oxygens (including phenoxy) is 2. The van der Waals surface area contributed by atoms with Gasteiger partial charge < -0.3 is 25.0 Å². The predicted octanol–water partition coefficient (Wildman–Crippen LogP) is 4.64. The Labute approximate surface area is 238 Å². The molecular weight excluding hydrogens is 528 g/mol. The van der Waals surface area contributed by atoms with E-state index in [1.807, 2.05) is 6.07 Å². The third-order valence-corrected chi connectivity index (χ3v) is 7.99. The molecule has 11 heteroatoms. The van der Waals surface area contributed by atoms with Crippen LogP contribution >= 0.6 is 0 Å². The minimum absolute atomic E-state index is 0.150. The highest BCUT2D eigenvalue weighted by Gasteiger charge is 2.43. The number of nitrogens with zero attached hydrogens (tertiary/aromatic N) is 5. The predicted molar refractivity (Wildman–Crippen MR) is 153 cm³/mol. The molecule has 41 heavy (non-hydrogen) atoms. The Morgan fingerprint density at radius 2 is 1.95 bits per heavy atom. The Bertz CT molecular complexity index is 1430. The van der Waals surface area contributed by atoms with Crippen LogP contribution in [-0.4, -0.2) is 85.4 Å². The molecule has 3 aliphatic heterocycles. The van der Waals surface area contributed by atoms with E-state index < -0.39 is 18.6 Å². The highest BCUT2D eigenvalue weighted by Crippen LogP contribution is 2.36. The van der Waals surface area contributed by atoms with Crippen molar-refractivity contribution in [2.45, 2.75) is 31.4 Å². The van der Waals surface area contributed by atoms with E-state index in [9.17, 15) is 8.78 Å². The number of anilines is 3. The molecular formula is C30H33F2N7O2. The van der Waals surface area contributed by atoms with Gasteiger partial charge in [-0.3, -0.25) is 4.90 Å². The summed E-state index contributed by atoms with van der Waals surface area (Å²) in [7, 11) is 0. The maximum absolute atomic E-state index is 14.3. The second-order valence-corrected chi connectivity index (χ2v) is 10.7. The summed E-state index contributed by atoms with van der Waals surface area (Å²) in [6.07, 6.45) is 0.547. The van der Waals surface area contributed by atoms with Gasteiger partial charge in [0.1, 0.15) is 5.75 Å². The third kappa shape index (κ3) is 5.95. The summed E-state index contributed by atoms with van der Waals surface area (Å²) in [5.74, 6) is -2.43. The van der Waals surface area contributed by atoms with Crippen molar-refractivity contribution < 1.29 is 18.3 Å². The van der Waals surface area contributed by atoms with Crippen LogP contribution in [0.25, 0.3) is 16.1 Å². The first-order chi connectivity index (χ1) is 19.9. The molecule has 1 aromatic heterocycles. The highest BCUT2D eigenvalue weighted by molar-refractivity contribution is 5.71. The first kappa shape index (κ1) is 27.3. The maximum Gasteiger partial charge on any atom is 0.296 e. The van der Waals surface area contributed by atoms with Crippen molar-refractivity contribution in [2.75, 3.05) is 62.7 Å². The summed E-state index contributed by atoms with van der Waals surface area (Å²) in [6.45, 7) is 15.4. The molecule has 3 aromatic rings. The molecule has 0 aliphatic carbocycles. The topological polar surface area (TPSA) is 79.1 Å². The number of aromatic nitrogens is 2. The lowest BCUT2D eigenvalue weighted by Gasteiger charge is -2.43. The standard InChI is InChI=1S/C30H33F2N7O2/c1-20-15-22(38-11-13-39(14-12-38)23-17-40-18-23)4-5-24(20)36-29-35-10-7-25(37-29)21-3-6-27(26(16-21)33-2)41-28-8-9-34-19-30(28,31)32/h3-7,10,15-16,23,28,34H,8-9,11-14,17-19H2,1H3,(H,35,36,37). The Morgan fingerprint density at radius 1 is 1.12 bits per heavy atom. The van der Waals surface area contributed by atoms with Crippen molar-refractivity contribution in [3.63, 3.8) is 0 Å². The molecule has 1 atom stereocenters. The van der Waals surface area contributed by atoms with Gasteiger partial charge in [-0.05, 0) is 61.0 Å². The Balaban J connectivity index is 1.13. The largest absolute Gasteiger partial charge is 0.495 e. The van der Waals surface area contributed by atoms with Crippen LogP contribution in [0.1, 0.15) is 12.0 Å². The monoisotopic (exact) mass is 561 g/mol. The average Bonchev–Trinajstić information content (AvgIpc) is 2.95. The van der Waals surface area contributed by atoms with E-state index in [1.165, 1.54) is 5.69 Å². The number of alkyl halides is 2. The summed E-state index contributed by atoms with van der Waals surface area (Å²) in [6, 6.07) is 13.6. The number of nitrogens with one attached hydrogen (secondary N) is 2. The van der Waals surface area contributed by atoms with Crippen LogP contribution in [0.4, 0.5) is 31.8 Å². The van der Waals surface area contributed by atoms with Crippen LogP contribution in [-0.2, 0) is 4.74 Å². The summed E-state index contributed by atoms with van der Waals surface area (Å²) in [4.78, 5) is 17.5. The SMILES string of the molecule is [C-]#[N+]c1cc(-c2ccnc(Nc3ccc(N4CCN(C5COC5)CC4)cc3C)n2)ccc1OC1CCNCC1(F)F. The second-order valence-electron chi connectivity index (χ2n) is 10.7. The Morgan fingerprint density at radius 3 is 2.66 bits per heavy atom. The van der Waals surface area contributed by atoms with Gasteiger partial charge in [-0.1, -0.05) is 6.07 Å². The first-order valence-electron chi connectivity index (χ1n) is 13.9. The first-order valence-corrected chi connectivity index (χ1v) is 13.9. The van der Waals surface area contributed by atoms with Gasteiger partial charge in [0.2, 0.25) is 11.6 Å². The van der Waals surface area contributed by atoms with Crippen LogP contribution in [0.3, 0.4) is 0 Å². The van der Waals surface area contributed by atoms with Crippen LogP contribution in [0.15, 0.2) is 48.7 Å². The van der Waals surface area contributed by atoms with Crippen molar-refractivity contribution in [2.24, 2.45) is 0 Å². The molecule has 3 fully saturated rings. The number of aryl methyl sites for hydroxylation is 1. The van der Waals surface area contributed by atoms with E-state index in [2.05, 4.69) is 54.3 Å². The molecule has 0 bridgehead atoms. The van der Waals surface area contributed by atoms with Gasteiger partial charge in [0.15, 0.2) is 6.10 Å². The van der Waals surface area contributed by atoms with E-state index in [4.69, 9.17) is 16.0 Å². The molecule has 214 valence electrons. The van der Waals surface area contributed by atoms with Gasteiger partial charge in [-0.2, -0.15) is 0 Å². The molecule has 6 rings (SSSR count).